The molecule has 0 aliphatic heterocycles. The molecule has 0 fully saturated rings. The SMILES string of the molecule is NC(=O)c1cnc(C(F)F)c([N+](=O)[O-])c1N. The lowest BCUT2D eigenvalue weighted by Crippen LogP contribution is -2.16. The van der Waals surface area contributed by atoms with Crippen LogP contribution >= 0.6 is 0 Å². The standard InChI is InChI=1S/C7H6F2N4O3/c8-6(9)4-5(13(15)16)3(10)2(1-12-4)7(11)14/h1,6H,(H2,10,12)(H2,11,14). The number of pyridine rings is 1. The van der Waals surface area contributed by atoms with Gasteiger partial charge in [-0.25, -0.2) is 13.8 Å². The number of halogens is 2. The molecule has 86 valence electrons. The molecule has 0 aliphatic rings. The highest BCUT2D eigenvalue weighted by Crippen LogP contribution is 2.33. The molecule has 0 aromatic carbocycles. The van der Waals surface area contributed by atoms with E-state index in [1.54, 1.807) is 0 Å². The van der Waals surface area contributed by atoms with E-state index < -0.39 is 39.9 Å². The van der Waals surface area contributed by atoms with Gasteiger partial charge in [0, 0.05) is 6.20 Å². The monoisotopic (exact) mass is 232 g/mol. The van der Waals surface area contributed by atoms with Gasteiger partial charge in [0.15, 0.2) is 5.69 Å². The molecule has 0 aliphatic carbocycles. The number of carbonyl (C=O) groups is 1. The van der Waals surface area contributed by atoms with Crippen LogP contribution in [0.1, 0.15) is 22.5 Å². The van der Waals surface area contributed by atoms with Crippen LogP contribution in [-0.2, 0) is 0 Å². The zero-order chi connectivity index (χ0) is 12.5. The highest BCUT2D eigenvalue weighted by Gasteiger charge is 2.29. The van der Waals surface area contributed by atoms with Crippen LogP contribution in [0.2, 0.25) is 0 Å². The number of alkyl halides is 2. The third-order valence-corrected chi connectivity index (χ3v) is 1.78. The minimum atomic E-state index is -3.16. The molecule has 4 N–H and O–H groups in total. The Kier molecular flexibility index (Phi) is 2.97. The predicted molar refractivity (Wildman–Crippen MR) is 48.8 cm³/mol. The summed E-state index contributed by atoms with van der Waals surface area (Å²) < 4.78 is 24.7. The van der Waals surface area contributed by atoms with Crippen molar-refractivity contribution in [3.05, 3.63) is 27.6 Å². The molecule has 0 spiro atoms. The summed E-state index contributed by atoms with van der Waals surface area (Å²) in [7, 11) is 0. The van der Waals surface area contributed by atoms with E-state index in [9.17, 15) is 23.7 Å². The first-order valence-corrected chi connectivity index (χ1v) is 3.87. The van der Waals surface area contributed by atoms with Crippen molar-refractivity contribution in [1.29, 1.82) is 0 Å². The Morgan fingerprint density at radius 2 is 2.12 bits per heavy atom. The van der Waals surface area contributed by atoms with E-state index in [2.05, 4.69) is 4.98 Å². The molecule has 0 unspecified atom stereocenters. The Morgan fingerprint density at radius 3 is 2.50 bits per heavy atom. The van der Waals surface area contributed by atoms with Crippen LogP contribution in [0.4, 0.5) is 20.2 Å². The minimum absolute atomic E-state index is 0.462. The van der Waals surface area contributed by atoms with Gasteiger partial charge in [-0.15, -0.1) is 0 Å². The Hall–Kier alpha value is -2.32. The number of primary amides is 1. The Bertz CT molecular complexity index is 463. The van der Waals surface area contributed by atoms with E-state index in [1.165, 1.54) is 0 Å². The fraction of sp³-hybridized carbons (Fsp3) is 0.143. The number of hydrogen-bond acceptors (Lipinski definition) is 5. The number of nitrogen functional groups attached to an aromatic ring is 1. The van der Waals surface area contributed by atoms with Gasteiger partial charge in [0.25, 0.3) is 12.3 Å². The number of nitro groups is 1. The lowest BCUT2D eigenvalue weighted by atomic mass is 10.1. The van der Waals surface area contributed by atoms with Crippen molar-refractivity contribution < 1.29 is 18.5 Å². The Morgan fingerprint density at radius 1 is 1.56 bits per heavy atom. The van der Waals surface area contributed by atoms with Crippen LogP contribution in [0.5, 0.6) is 0 Å². The van der Waals surface area contributed by atoms with E-state index >= 15 is 0 Å². The smallest absolute Gasteiger partial charge is 0.320 e. The van der Waals surface area contributed by atoms with Crippen LogP contribution < -0.4 is 11.5 Å². The number of carbonyl (C=O) groups excluding carboxylic acids is 1. The fourth-order valence-corrected chi connectivity index (χ4v) is 1.08. The summed E-state index contributed by atoms with van der Waals surface area (Å²) in [6.45, 7) is 0. The number of nitrogens with zero attached hydrogens (tertiary/aromatic N) is 2. The first kappa shape index (κ1) is 11.8. The van der Waals surface area contributed by atoms with Crippen LogP contribution in [0, 0.1) is 10.1 Å². The van der Waals surface area contributed by atoms with E-state index in [-0.39, 0.29) is 0 Å². The molecule has 16 heavy (non-hydrogen) atoms. The molecule has 0 saturated heterocycles. The summed E-state index contributed by atoms with van der Waals surface area (Å²) in [4.78, 5) is 23.3. The number of hydrogen-bond donors (Lipinski definition) is 2. The zero-order valence-electron chi connectivity index (χ0n) is 7.68. The zero-order valence-corrected chi connectivity index (χ0v) is 7.68. The van der Waals surface area contributed by atoms with Gasteiger partial charge in [0.05, 0.1) is 10.5 Å². The van der Waals surface area contributed by atoms with Crippen LogP contribution in [0.15, 0.2) is 6.20 Å². The maximum absolute atomic E-state index is 12.4. The number of anilines is 1. The first-order valence-electron chi connectivity index (χ1n) is 3.87. The van der Waals surface area contributed by atoms with Gasteiger partial charge in [-0.3, -0.25) is 14.9 Å². The van der Waals surface area contributed by atoms with E-state index in [1.807, 2.05) is 0 Å². The second-order valence-electron chi connectivity index (χ2n) is 2.74. The van der Waals surface area contributed by atoms with Gasteiger partial charge in [-0.2, -0.15) is 0 Å². The average Bonchev–Trinajstić information content (AvgIpc) is 2.15. The van der Waals surface area contributed by atoms with Crippen LogP contribution in [-0.4, -0.2) is 15.8 Å². The van der Waals surface area contributed by atoms with Crippen molar-refractivity contribution in [2.24, 2.45) is 5.73 Å². The number of rotatable bonds is 3. The summed E-state index contributed by atoms with van der Waals surface area (Å²) >= 11 is 0. The lowest BCUT2D eigenvalue weighted by molar-refractivity contribution is -0.385. The van der Waals surface area contributed by atoms with Crippen LogP contribution in [0.3, 0.4) is 0 Å². The van der Waals surface area contributed by atoms with Crippen molar-refractivity contribution >= 4 is 17.3 Å². The van der Waals surface area contributed by atoms with Crippen molar-refractivity contribution in [3.63, 3.8) is 0 Å². The van der Waals surface area contributed by atoms with Crippen molar-refractivity contribution in [2.45, 2.75) is 6.43 Å². The molecule has 7 nitrogen and oxygen atoms in total. The van der Waals surface area contributed by atoms with Gasteiger partial charge >= 0.3 is 5.69 Å². The first-order chi connectivity index (χ1) is 7.36. The van der Waals surface area contributed by atoms with E-state index in [4.69, 9.17) is 11.5 Å². The molecule has 0 atom stereocenters. The molecule has 0 radical (unpaired) electrons. The van der Waals surface area contributed by atoms with E-state index in [0.29, 0.717) is 6.20 Å². The highest BCUT2D eigenvalue weighted by atomic mass is 19.3. The molecule has 9 heteroatoms. The predicted octanol–water partition coefficient (Wildman–Crippen LogP) is 0.609. The lowest BCUT2D eigenvalue weighted by Gasteiger charge is -2.06. The van der Waals surface area contributed by atoms with E-state index in [0.717, 1.165) is 0 Å². The Balaban J connectivity index is 3.54. The second-order valence-corrected chi connectivity index (χ2v) is 2.74. The van der Waals surface area contributed by atoms with Gasteiger partial charge in [-0.05, 0) is 0 Å². The molecular weight excluding hydrogens is 226 g/mol. The topological polar surface area (TPSA) is 125 Å². The largest absolute Gasteiger partial charge is 0.392 e. The normalized spacial score (nSPS) is 10.4. The third kappa shape index (κ3) is 1.87. The average molecular weight is 232 g/mol. The third-order valence-electron chi connectivity index (χ3n) is 1.78. The Labute approximate surface area is 87.2 Å². The fourth-order valence-electron chi connectivity index (χ4n) is 1.08. The van der Waals surface area contributed by atoms with Gasteiger partial charge in [0.2, 0.25) is 0 Å². The van der Waals surface area contributed by atoms with Gasteiger partial charge < -0.3 is 11.5 Å². The molecule has 0 saturated carbocycles. The summed E-state index contributed by atoms with van der Waals surface area (Å²) in [6, 6.07) is 0. The quantitative estimate of drug-likeness (QED) is 0.583. The van der Waals surface area contributed by atoms with Crippen LogP contribution in [0.25, 0.3) is 0 Å². The molecule has 1 heterocycles. The van der Waals surface area contributed by atoms with Crippen molar-refractivity contribution in [2.75, 3.05) is 5.73 Å². The summed E-state index contributed by atoms with van der Waals surface area (Å²) in [6.07, 6.45) is -2.48. The van der Waals surface area contributed by atoms with Gasteiger partial charge in [-0.1, -0.05) is 0 Å². The molecule has 1 amide bonds. The van der Waals surface area contributed by atoms with Crippen molar-refractivity contribution in [3.8, 4) is 0 Å². The number of aromatic nitrogens is 1. The van der Waals surface area contributed by atoms with Crippen molar-refractivity contribution in [1.82, 2.24) is 4.98 Å². The van der Waals surface area contributed by atoms with Gasteiger partial charge in [0.1, 0.15) is 5.69 Å². The summed E-state index contributed by atoms with van der Waals surface area (Å²) in [5.41, 5.74) is 6.70. The summed E-state index contributed by atoms with van der Waals surface area (Å²) in [5.74, 6) is -1.08. The molecular formula is C7H6F2N4O3. The minimum Gasteiger partial charge on any atom is -0.392 e. The maximum Gasteiger partial charge on any atom is 0.320 e. The summed E-state index contributed by atoms with van der Waals surface area (Å²) in [5, 5.41) is 10.5. The maximum atomic E-state index is 12.4. The molecule has 0 bridgehead atoms. The molecule has 1 aromatic rings. The second kappa shape index (κ2) is 4.04. The number of nitrogens with two attached hydrogens (primary N) is 2. The molecule has 1 rings (SSSR count). The molecule has 1 aromatic heterocycles. The highest BCUT2D eigenvalue weighted by molar-refractivity contribution is 5.99. The number of amides is 1.